The van der Waals surface area contributed by atoms with Crippen molar-refractivity contribution in [3.63, 3.8) is 0 Å². The zero-order valence-corrected chi connectivity index (χ0v) is 41.7. The standard InChI is InChI=1S/C35H48N15O22P3/c1-47-11-50(28-19(47)30(55)46-35(38)44-28)31-20(51)13(4-62-2)14(68-31)6-66-73(56,57)71-75(60,61)72-74(58,59)67-7-16-23(24(63-3)33(70-16)48-9-41-17-25(36)39-8-40-26(17)48)65-12-64-5-15-21(52)22(53)32(69-15)49-10-42-18-27(49)43-34(37)45-29(18)54/h8-11,13-16,20-24,31-33,51-53H,4-7,12H2,1-3H3,(H10-,36,37,38,39,40,43,44,45,46,54,55,56,57,58,59,60,61)/t13-,14-,15-,16?,20-,21-,22-,23-,24-,31-,32-,33-/m1/s1. The van der Waals surface area contributed by atoms with Gasteiger partial charge in [0.25, 0.3) is 24.9 Å². The largest absolute Gasteiger partial charge is 0.756 e. The number of aliphatic hydroxyl groups excluding tert-OH is 3. The quantitative estimate of drug-likeness (QED) is 0.0140. The van der Waals surface area contributed by atoms with E-state index in [1.54, 1.807) is 0 Å². The van der Waals surface area contributed by atoms with Gasteiger partial charge < -0.3 is 84.9 Å². The summed E-state index contributed by atoms with van der Waals surface area (Å²) in [5.41, 5.74) is 16.3. The number of hydrogen-bond acceptors (Lipinski definition) is 29. The fraction of sp³-hybridized carbons (Fsp3) is 0.571. The first kappa shape index (κ1) is 54.4. The van der Waals surface area contributed by atoms with E-state index in [4.69, 9.17) is 59.4 Å². The number of anilines is 3. The molecule has 40 heteroatoms. The Hall–Kier alpha value is -5.34. The first-order valence-electron chi connectivity index (χ1n) is 21.8. The first-order chi connectivity index (χ1) is 35.5. The van der Waals surface area contributed by atoms with Gasteiger partial charge in [-0.25, -0.2) is 37.9 Å². The fourth-order valence-electron chi connectivity index (χ4n) is 8.78. The number of aryl methyl sites for hydroxylation is 1. The highest BCUT2D eigenvalue weighted by Crippen LogP contribution is 2.66. The molecule has 0 radical (unpaired) electrons. The van der Waals surface area contributed by atoms with Crippen molar-refractivity contribution >= 4 is 74.7 Å². The van der Waals surface area contributed by atoms with E-state index in [0.29, 0.717) is 0 Å². The van der Waals surface area contributed by atoms with Gasteiger partial charge in [0, 0.05) is 20.1 Å². The van der Waals surface area contributed by atoms with Crippen LogP contribution in [0.15, 0.2) is 34.9 Å². The van der Waals surface area contributed by atoms with Crippen molar-refractivity contribution in [2.24, 2.45) is 13.0 Å². The number of aliphatic hydroxyl groups is 3. The zero-order valence-electron chi connectivity index (χ0n) is 39.0. The summed E-state index contributed by atoms with van der Waals surface area (Å²) >= 11 is 0. The molecule has 410 valence electrons. The molecule has 3 fully saturated rings. The summed E-state index contributed by atoms with van der Waals surface area (Å²) in [5.74, 6) is -1.52. The monoisotopic (exact) mass is 1120 g/mol. The third kappa shape index (κ3) is 11.0. The predicted molar refractivity (Wildman–Crippen MR) is 241 cm³/mol. The van der Waals surface area contributed by atoms with Gasteiger partial charge in [0.15, 0.2) is 41.4 Å². The molecule has 3 aliphatic rings. The Morgan fingerprint density at radius 2 is 1.44 bits per heavy atom. The second-order valence-corrected chi connectivity index (χ2v) is 21.5. The lowest BCUT2D eigenvalue weighted by Gasteiger charge is -2.27. The molecule has 3 saturated heterocycles. The molecule has 0 aromatic carbocycles. The van der Waals surface area contributed by atoms with Gasteiger partial charge in [-0.05, 0) is 0 Å². The van der Waals surface area contributed by atoms with E-state index in [0.717, 1.165) is 12.7 Å². The molecule has 13 N–H and O–H groups in total. The van der Waals surface area contributed by atoms with Crippen molar-refractivity contribution in [1.29, 1.82) is 0 Å². The van der Waals surface area contributed by atoms with Gasteiger partial charge in [-0.2, -0.15) is 9.29 Å². The molecule has 0 spiro atoms. The van der Waals surface area contributed by atoms with Crippen LogP contribution >= 0.6 is 23.5 Å². The van der Waals surface area contributed by atoms with Crippen LogP contribution in [0.1, 0.15) is 18.7 Å². The summed E-state index contributed by atoms with van der Waals surface area (Å²) in [6.45, 7) is -3.32. The van der Waals surface area contributed by atoms with Gasteiger partial charge in [-0.15, -0.1) is 0 Å². The molecule has 3 aliphatic heterocycles. The number of nitrogens with two attached hydrogens (primary N) is 3. The first-order valence-corrected chi connectivity index (χ1v) is 26.3. The second kappa shape index (κ2) is 21.2. The number of rotatable bonds is 21. The van der Waals surface area contributed by atoms with Crippen molar-refractivity contribution in [2.75, 3.05) is 64.6 Å². The van der Waals surface area contributed by atoms with Crippen LogP contribution in [0, 0.1) is 5.92 Å². The van der Waals surface area contributed by atoms with Crippen molar-refractivity contribution in [3.8, 4) is 0 Å². The van der Waals surface area contributed by atoms with Gasteiger partial charge in [0.1, 0.15) is 61.4 Å². The number of phosphoric ester groups is 2. The Kier molecular flexibility index (Phi) is 15.4. The molecular weight excluding hydrogens is 1080 g/mol. The van der Waals surface area contributed by atoms with Crippen molar-refractivity contribution in [3.05, 3.63) is 46.0 Å². The molecule has 6 aromatic heterocycles. The predicted octanol–water partition coefficient (Wildman–Crippen LogP) is -4.58. The van der Waals surface area contributed by atoms with E-state index in [1.807, 2.05) is 0 Å². The number of aromatic amines is 2. The fourth-order valence-corrected chi connectivity index (χ4v) is 12.3. The number of nitrogen functional groups attached to an aromatic ring is 3. The third-order valence-electron chi connectivity index (χ3n) is 12.1. The lowest BCUT2D eigenvalue weighted by atomic mass is 9.99. The highest BCUT2D eigenvalue weighted by atomic mass is 31.3. The topological polar surface area (TPSA) is 517 Å². The van der Waals surface area contributed by atoms with Crippen molar-refractivity contribution < 1.29 is 99.1 Å². The number of fused-ring (bicyclic) bond motifs is 3. The summed E-state index contributed by atoms with van der Waals surface area (Å²) in [7, 11) is -13.9. The van der Waals surface area contributed by atoms with Crippen LogP contribution in [0.4, 0.5) is 17.7 Å². The van der Waals surface area contributed by atoms with Gasteiger partial charge in [0.05, 0.1) is 52.2 Å². The Bertz CT molecular complexity index is 3340. The van der Waals surface area contributed by atoms with Crippen LogP contribution in [0.5, 0.6) is 0 Å². The maximum atomic E-state index is 13.2. The van der Waals surface area contributed by atoms with E-state index in [9.17, 15) is 53.3 Å². The minimum Gasteiger partial charge on any atom is -0.756 e. The molecule has 4 unspecified atom stereocenters. The molecule has 6 aromatic rings. The lowest BCUT2D eigenvalue weighted by molar-refractivity contribution is -0.745. The van der Waals surface area contributed by atoms with Crippen LogP contribution in [-0.4, -0.2) is 175 Å². The highest BCUT2D eigenvalue weighted by Gasteiger charge is 2.51. The number of H-pyrrole nitrogens is 2. The minimum absolute atomic E-state index is 0.00204. The van der Waals surface area contributed by atoms with Crippen molar-refractivity contribution in [1.82, 2.24) is 53.6 Å². The molecule has 0 bridgehead atoms. The second-order valence-electron chi connectivity index (χ2n) is 16.9. The number of nitrogens with zero attached hydrogens (tertiary/aromatic N) is 10. The summed E-state index contributed by atoms with van der Waals surface area (Å²) in [6.07, 6.45) is -10.0. The summed E-state index contributed by atoms with van der Waals surface area (Å²) < 4.78 is 103. The number of hydrogen-bond donors (Lipinski definition) is 10. The maximum Gasteiger partial charge on any atom is 0.487 e. The normalized spacial score (nSPS) is 29.6. The number of aromatic nitrogens is 12. The van der Waals surface area contributed by atoms with E-state index < -0.39 is 135 Å². The van der Waals surface area contributed by atoms with Crippen LogP contribution in [0.2, 0.25) is 0 Å². The van der Waals surface area contributed by atoms with Gasteiger partial charge in [-0.1, -0.05) is 4.98 Å². The average molecular weight is 1120 g/mol. The summed E-state index contributed by atoms with van der Waals surface area (Å²) in [5, 5.41) is 33.0. The Morgan fingerprint density at radius 1 is 0.760 bits per heavy atom. The average Bonchev–Trinajstić information content (AvgIpc) is 4.19. The molecule has 9 heterocycles. The SMILES string of the molecule is COC[C@H]1[C@@H](O)[C@H]([n+]2cn(C)c3c(=O)[nH]c(N)nc32)O[C@@H]1COP(=O)([O-])OP(=O)(O)OP(=O)(O)OCC1O[C@@H](n2cnc3c(N)ncnc32)[C@H](OC)[C@@H]1OCOC[C@H]1O[C@@H](n2cnc3c(=O)[nH]c(N)nc32)[C@H](O)[C@@H]1O. The maximum absolute atomic E-state index is 13.2. The Labute approximate surface area is 417 Å². The zero-order chi connectivity index (χ0) is 53.9. The van der Waals surface area contributed by atoms with Crippen LogP contribution < -0.4 is 37.8 Å². The third-order valence-corrected chi connectivity index (χ3v) is 16.3. The van der Waals surface area contributed by atoms with Gasteiger partial charge in [0.2, 0.25) is 17.7 Å². The number of ether oxygens (including phenoxy) is 7. The number of nitrogens with one attached hydrogen (secondary N) is 2. The molecule has 75 heavy (non-hydrogen) atoms. The Balaban J connectivity index is 0.843. The van der Waals surface area contributed by atoms with E-state index >= 15 is 0 Å². The minimum atomic E-state index is -6.14. The molecule has 37 nitrogen and oxygen atoms in total. The summed E-state index contributed by atoms with van der Waals surface area (Å²) in [4.78, 5) is 88.0. The van der Waals surface area contributed by atoms with E-state index in [1.165, 1.54) is 52.2 Å². The molecule has 0 aliphatic carbocycles. The van der Waals surface area contributed by atoms with Gasteiger partial charge in [-0.3, -0.25) is 42.3 Å². The van der Waals surface area contributed by atoms with Crippen molar-refractivity contribution in [2.45, 2.75) is 67.5 Å². The smallest absolute Gasteiger partial charge is 0.487 e. The van der Waals surface area contributed by atoms with E-state index in [-0.39, 0.29) is 57.8 Å². The lowest BCUT2D eigenvalue weighted by Crippen LogP contribution is -2.45. The van der Waals surface area contributed by atoms with Crippen LogP contribution in [0.25, 0.3) is 33.5 Å². The Morgan fingerprint density at radius 3 is 2.17 bits per heavy atom. The number of methoxy groups -OCH3 is 2. The molecule has 0 amide bonds. The highest BCUT2D eigenvalue weighted by molar-refractivity contribution is 7.66. The number of imidazole rings is 3. The number of phosphoric acid groups is 3. The molecular formula is C35H48N15O22P3. The molecule has 15 atom stereocenters. The van der Waals surface area contributed by atoms with Gasteiger partial charge >= 0.3 is 21.3 Å². The van der Waals surface area contributed by atoms with Crippen LogP contribution in [0.3, 0.4) is 0 Å². The molecule has 0 saturated carbocycles. The summed E-state index contributed by atoms with van der Waals surface area (Å²) in [6, 6.07) is 0. The molecule has 9 rings (SSSR count). The van der Waals surface area contributed by atoms with E-state index in [2.05, 4.69) is 48.5 Å². The van der Waals surface area contributed by atoms with Crippen LogP contribution in [-0.2, 0) is 71.6 Å².